The van der Waals surface area contributed by atoms with Gasteiger partial charge in [0.1, 0.15) is 18.2 Å². The van der Waals surface area contributed by atoms with Crippen molar-refractivity contribution in [3.63, 3.8) is 0 Å². The van der Waals surface area contributed by atoms with Crippen molar-refractivity contribution in [3.8, 4) is 5.75 Å². The number of amides is 1. The van der Waals surface area contributed by atoms with E-state index in [0.717, 1.165) is 40.8 Å². The monoisotopic (exact) mass is 413 g/mol. The number of benzene rings is 3. The maximum absolute atomic E-state index is 11.7. The number of aryl methyl sites for hydroxylation is 1. The zero-order valence-corrected chi connectivity index (χ0v) is 17.8. The van der Waals surface area contributed by atoms with E-state index in [1.54, 1.807) is 6.92 Å². The maximum atomic E-state index is 11.7. The second-order valence-electron chi connectivity index (χ2n) is 7.63. The number of nitrogens with one attached hydrogen (secondary N) is 1. The second kappa shape index (κ2) is 9.47. The minimum Gasteiger partial charge on any atom is -0.491 e. The fourth-order valence-electron chi connectivity index (χ4n) is 3.73. The van der Waals surface area contributed by atoms with Gasteiger partial charge >= 0.3 is 0 Å². The largest absolute Gasteiger partial charge is 0.491 e. The van der Waals surface area contributed by atoms with Crippen molar-refractivity contribution in [3.05, 3.63) is 84.7 Å². The van der Waals surface area contributed by atoms with Crippen LogP contribution in [-0.4, -0.2) is 28.6 Å². The van der Waals surface area contributed by atoms with Crippen molar-refractivity contribution in [1.82, 2.24) is 14.9 Å². The Morgan fingerprint density at radius 2 is 1.84 bits per heavy atom. The summed E-state index contributed by atoms with van der Waals surface area (Å²) in [6.45, 7) is 7.24. The normalized spacial score (nSPS) is 11.0. The van der Waals surface area contributed by atoms with Crippen molar-refractivity contribution in [2.45, 2.75) is 26.3 Å². The van der Waals surface area contributed by atoms with Gasteiger partial charge in [0.05, 0.1) is 17.6 Å². The van der Waals surface area contributed by atoms with Gasteiger partial charge in [-0.2, -0.15) is 0 Å². The molecule has 0 bridgehead atoms. The Morgan fingerprint density at radius 3 is 2.71 bits per heavy atom. The van der Waals surface area contributed by atoms with Gasteiger partial charge in [-0.1, -0.05) is 55.1 Å². The highest BCUT2D eigenvalue weighted by Gasteiger charge is 2.11. The summed E-state index contributed by atoms with van der Waals surface area (Å²) >= 11 is 0. The van der Waals surface area contributed by atoms with E-state index in [1.807, 2.05) is 42.5 Å². The highest BCUT2D eigenvalue weighted by molar-refractivity contribution is 5.92. The number of fused-ring (bicyclic) bond motifs is 2. The predicted octanol–water partition coefficient (Wildman–Crippen LogP) is 4.89. The molecule has 0 aliphatic carbocycles. The molecule has 4 rings (SSSR count). The molecule has 1 heterocycles. The SMILES string of the molecule is C=C(C)C(=O)NCCCc1nc2ccccc2n1CCOc1cccc2ccccc12. The van der Waals surface area contributed by atoms with Gasteiger partial charge in [-0.15, -0.1) is 0 Å². The highest BCUT2D eigenvalue weighted by Crippen LogP contribution is 2.25. The number of para-hydroxylation sites is 2. The van der Waals surface area contributed by atoms with Gasteiger partial charge in [0.25, 0.3) is 0 Å². The number of rotatable bonds is 9. The Kier molecular flexibility index (Phi) is 6.32. The van der Waals surface area contributed by atoms with Crippen LogP contribution in [0.4, 0.5) is 0 Å². The third-order valence-corrected chi connectivity index (χ3v) is 5.31. The summed E-state index contributed by atoms with van der Waals surface area (Å²) in [5, 5.41) is 5.18. The van der Waals surface area contributed by atoms with Gasteiger partial charge in [-0.05, 0) is 36.9 Å². The molecule has 31 heavy (non-hydrogen) atoms. The molecule has 5 heteroatoms. The molecule has 0 fully saturated rings. The first-order chi connectivity index (χ1) is 15.1. The van der Waals surface area contributed by atoms with Crippen LogP contribution in [0.25, 0.3) is 21.8 Å². The van der Waals surface area contributed by atoms with Gasteiger partial charge in [0.2, 0.25) is 5.91 Å². The minimum atomic E-state index is -0.100. The Hall–Kier alpha value is -3.60. The molecule has 158 valence electrons. The van der Waals surface area contributed by atoms with Gasteiger partial charge in [0, 0.05) is 23.9 Å². The van der Waals surface area contributed by atoms with Crippen LogP contribution in [0, 0.1) is 0 Å². The van der Waals surface area contributed by atoms with Crippen LogP contribution in [-0.2, 0) is 17.8 Å². The van der Waals surface area contributed by atoms with Crippen LogP contribution in [0.15, 0.2) is 78.9 Å². The van der Waals surface area contributed by atoms with Crippen LogP contribution in [0.1, 0.15) is 19.2 Å². The number of nitrogens with zero attached hydrogens (tertiary/aromatic N) is 2. The molecule has 0 spiro atoms. The predicted molar refractivity (Wildman–Crippen MR) is 125 cm³/mol. The van der Waals surface area contributed by atoms with E-state index in [-0.39, 0.29) is 5.91 Å². The summed E-state index contributed by atoms with van der Waals surface area (Å²) in [6, 6.07) is 22.5. The smallest absolute Gasteiger partial charge is 0.246 e. The minimum absolute atomic E-state index is 0.100. The number of carbonyl (C=O) groups excluding carboxylic acids is 1. The number of imidazole rings is 1. The topological polar surface area (TPSA) is 56.2 Å². The lowest BCUT2D eigenvalue weighted by Gasteiger charge is -2.12. The number of ether oxygens (including phenoxy) is 1. The molecule has 4 aromatic rings. The molecule has 0 atom stereocenters. The maximum Gasteiger partial charge on any atom is 0.246 e. The Morgan fingerprint density at radius 1 is 1.06 bits per heavy atom. The van der Waals surface area contributed by atoms with E-state index in [9.17, 15) is 4.79 Å². The summed E-state index contributed by atoms with van der Waals surface area (Å²) in [6.07, 6.45) is 1.59. The Labute approximate surface area is 182 Å². The van der Waals surface area contributed by atoms with Crippen LogP contribution < -0.4 is 10.1 Å². The number of hydrogen-bond donors (Lipinski definition) is 1. The molecular weight excluding hydrogens is 386 g/mol. The molecule has 1 aromatic heterocycles. The number of carbonyl (C=O) groups is 1. The molecule has 1 N–H and O–H groups in total. The summed E-state index contributed by atoms with van der Waals surface area (Å²) in [5.41, 5.74) is 2.61. The molecule has 1 amide bonds. The van der Waals surface area contributed by atoms with E-state index in [1.165, 1.54) is 5.39 Å². The average molecular weight is 414 g/mol. The lowest BCUT2D eigenvalue weighted by Crippen LogP contribution is -2.25. The quantitative estimate of drug-likeness (QED) is 0.314. The van der Waals surface area contributed by atoms with E-state index in [2.05, 4.69) is 40.7 Å². The number of aromatic nitrogens is 2. The van der Waals surface area contributed by atoms with Crippen LogP contribution >= 0.6 is 0 Å². The van der Waals surface area contributed by atoms with Crippen molar-refractivity contribution in [1.29, 1.82) is 0 Å². The summed E-state index contributed by atoms with van der Waals surface area (Å²) in [7, 11) is 0. The van der Waals surface area contributed by atoms with Crippen molar-refractivity contribution < 1.29 is 9.53 Å². The molecule has 3 aromatic carbocycles. The molecule has 0 radical (unpaired) electrons. The fraction of sp³-hybridized carbons (Fsp3) is 0.231. The first-order valence-electron chi connectivity index (χ1n) is 10.6. The first kappa shape index (κ1) is 20.7. The van der Waals surface area contributed by atoms with Crippen molar-refractivity contribution in [2.24, 2.45) is 0 Å². The fourth-order valence-corrected chi connectivity index (χ4v) is 3.73. The van der Waals surface area contributed by atoms with E-state index >= 15 is 0 Å². The molecular formula is C26H27N3O2. The zero-order chi connectivity index (χ0) is 21.6. The standard InChI is InChI=1S/C26H27N3O2/c1-19(2)26(30)27-16-8-15-25-28-22-12-5-6-13-23(22)29(25)17-18-31-24-14-7-10-20-9-3-4-11-21(20)24/h3-7,9-14H,1,8,15-18H2,2H3,(H,27,30). The third-order valence-electron chi connectivity index (χ3n) is 5.31. The van der Waals surface area contributed by atoms with Crippen LogP contribution in [0.5, 0.6) is 5.75 Å². The van der Waals surface area contributed by atoms with E-state index in [4.69, 9.17) is 9.72 Å². The Bertz CT molecular complexity index is 1220. The summed E-state index contributed by atoms with van der Waals surface area (Å²) < 4.78 is 8.39. The summed E-state index contributed by atoms with van der Waals surface area (Å²) in [4.78, 5) is 16.5. The number of hydrogen-bond acceptors (Lipinski definition) is 3. The molecule has 0 aliphatic heterocycles. The average Bonchev–Trinajstić information content (AvgIpc) is 3.14. The first-order valence-corrected chi connectivity index (χ1v) is 10.6. The second-order valence-corrected chi connectivity index (χ2v) is 7.63. The van der Waals surface area contributed by atoms with Crippen molar-refractivity contribution >= 4 is 27.7 Å². The van der Waals surface area contributed by atoms with Gasteiger partial charge in [-0.25, -0.2) is 4.98 Å². The Balaban J connectivity index is 1.45. The zero-order valence-electron chi connectivity index (χ0n) is 17.8. The molecule has 0 saturated carbocycles. The van der Waals surface area contributed by atoms with Gasteiger partial charge in [0.15, 0.2) is 0 Å². The third kappa shape index (κ3) is 4.77. The lowest BCUT2D eigenvalue weighted by molar-refractivity contribution is -0.117. The van der Waals surface area contributed by atoms with Crippen molar-refractivity contribution in [2.75, 3.05) is 13.2 Å². The lowest BCUT2D eigenvalue weighted by atomic mass is 10.1. The van der Waals surface area contributed by atoms with E-state index < -0.39 is 0 Å². The van der Waals surface area contributed by atoms with E-state index in [0.29, 0.717) is 25.3 Å². The van der Waals surface area contributed by atoms with Crippen LogP contribution in [0.3, 0.4) is 0 Å². The molecule has 0 unspecified atom stereocenters. The molecule has 5 nitrogen and oxygen atoms in total. The molecule has 0 saturated heterocycles. The van der Waals surface area contributed by atoms with Gasteiger partial charge < -0.3 is 14.6 Å². The summed E-state index contributed by atoms with van der Waals surface area (Å²) in [5.74, 6) is 1.80. The van der Waals surface area contributed by atoms with Crippen LogP contribution in [0.2, 0.25) is 0 Å². The molecule has 0 aliphatic rings. The van der Waals surface area contributed by atoms with Gasteiger partial charge in [-0.3, -0.25) is 4.79 Å². The highest BCUT2D eigenvalue weighted by atomic mass is 16.5.